The maximum Gasteiger partial charge on any atom is 0.243 e. The standard InChI is InChI=1S/C18H17FN2O2/c1-3-18(15-7-5-4-6-8-15)21(13(2)22)20-17(23-18)14-9-11-16(19)12-10-14/h4-12H,3H2,1-2H3/t18-/m0/s1. The molecule has 1 heterocycles. The van der Waals surface area contributed by atoms with Gasteiger partial charge in [0.15, 0.2) is 0 Å². The summed E-state index contributed by atoms with van der Waals surface area (Å²) in [5, 5.41) is 5.71. The summed E-state index contributed by atoms with van der Waals surface area (Å²) < 4.78 is 19.2. The van der Waals surface area contributed by atoms with Gasteiger partial charge in [-0.05, 0) is 24.3 Å². The van der Waals surface area contributed by atoms with Gasteiger partial charge in [0.2, 0.25) is 17.5 Å². The second-order valence-corrected chi connectivity index (χ2v) is 5.35. The van der Waals surface area contributed by atoms with E-state index in [9.17, 15) is 9.18 Å². The SMILES string of the molecule is CC[C@@]1(c2ccccc2)OC(c2ccc(F)cc2)=NN1C(C)=O. The number of ether oxygens (including phenoxy) is 1. The number of rotatable bonds is 3. The first kappa shape index (κ1) is 15.2. The van der Waals surface area contributed by atoms with Gasteiger partial charge in [0.25, 0.3) is 0 Å². The molecule has 5 heteroatoms. The van der Waals surface area contributed by atoms with Gasteiger partial charge in [-0.2, -0.15) is 5.01 Å². The summed E-state index contributed by atoms with van der Waals surface area (Å²) in [6.07, 6.45) is 0.533. The number of carbonyl (C=O) groups is 1. The second kappa shape index (κ2) is 5.83. The average Bonchev–Trinajstić information content (AvgIpc) is 2.98. The molecule has 0 aromatic heterocycles. The lowest BCUT2D eigenvalue weighted by molar-refractivity contribution is -0.149. The molecule has 3 rings (SSSR count). The molecule has 118 valence electrons. The predicted octanol–water partition coefficient (Wildman–Crippen LogP) is 3.63. The molecule has 1 aliphatic heterocycles. The van der Waals surface area contributed by atoms with Crippen LogP contribution in [-0.2, 0) is 15.3 Å². The Hall–Kier alpha value is -2.69. The number of nitrogens with zero attached hydrogens (tertiary/aromatic N) is 2. The van der Waals surface area contributed by atoms with Gasteiger partial charge in [0, 0.05) is 24.5 Å². The first-order chi connectivity index (χ1) is 11.1. The monoisotopic (exact) mass is 312 g/mol. The highest BCUT2D eigenvalue weighted by Crippen LogP contribution is 2.39. The molecule has 0 N–H and O–H groups in total. The number of hydrazone groups is 1. The fraction of sp³-hybridized carbons (Fsp3) is 0.222. The van der Waals surface area contributed by atoms with Crippen molar-refractivity contribution in [3.8, 4) is 0 Å². The third-order valence-electron chi connectivity index (χ3n) is 3.89. The number of hydrogen-bond donors (Lipinski definition) is 0. The van der Waals surface area contributed by atoms with Crippen LogP contribution in [-0.4, -0.2) is 16.8 Å². The first-order valence-electron chi connectivity index (χ1n) is 7.46. The number of carbonyl (C=O) groups excluding carboxylic acids is 1. The van der Waals surface area contributed by atoms with Gasteiger partial charge < -0.3 is 4.74 Å². The van der Waals surface area contributed by atoms with Crippen LogP contribution in [0.5, 0.6) is 0 Å². The van der Waals surface area contributed by atoms with E-state index in [2.05, 4.69) is 5.10 Å². The van der Waals surface area contributed by atoms with Crippen LogP contribution >= 0.6 is 0 Å². The van der Waals surface area contributed by atoms with Gasteiger partial charge in [-0.3, -0.25) is 4.79 Å². The summed E-state index contributed by atoms with van der Waals surface area (Å²) in [6.45, 7) is 3.39. The zero-order chi connectivity index (χ0) is 16.4. The number of halogens is 1. The third-order valence-corrected chi connectivity index (χ3v) is 3.89. The van der Waals surface area contributed by atoms with Crippen LogP contribution in [0.15, 0.2) is 59.7 Å². The summed E-state index contributed by atoms with van der Waals surface area (Å²) in [6, 6.07) is 15.4. The molecule has 0 fully saturated rings. The largest absolute Gasteiger partial charge is 0.443 e. The van der Waals surface area contributed by atoms with Crippen LogP contribution in [0.1, 0.15) is 31.4 Å². The molecule has 23 heavy (non-hydrogen) atoms. The topological polar surface area (TPSA) is 41.9 Å². The maximum atomic E-state index is 13.1. The normalized spacial score (nSPS) is 20.1. The molecular formula is C18H17FN2O2. The Balaban J connectivity index is 2.06. The van der Waals surface area contributed by atoms with Crippen LogP contribution in [0.3, 0.4) is 0 Å². The summed E-state index contributed by atoms with van der Waals surface area (Å²) in [5.41, 5.74) is 0.499. The molecule has 4 nitrogen and oxygen atoms in total. The Labute approximate surface area is 134 Å². The van der Waals surface area contributed by atoms with Gasteiger partial charge in [-0.15, -0.1) is 5.10 Å². The van der Waals surface area contributed by atoms with Crippen LogP contribution in [0.2, 0.25) is 0 Å². The van der Waals surface area contributed by atoms with E-state index in [1.807, 2.05) is 37.3 Å². The Morgan fingerprint density at radius 1 is 1.17 bits per heavy atom. The Morgan fingerprint density at radius 3 is 2.39 bits per heavy atom. The van der Waals surface area contributed by atoms with Crippen LogP contribution in [0, 0.1) is 5.82 Å². The molecule has 0 spiro atoms. The van der Waals surface area contributed by atoms with Gasteiger partial charge in [0.05, 0.1) is 0 Å². The highest BCUT2D eigenvalue weighted by atomic mass is 19.1. The van der Waals surface area contributed by atoms with E-state index in [0.29, 0.717) is 17.9 Å². The fourth-order valence-electron chi connectivity index (χ4n) is 2.73. The second-order valence-electron chi connectivity index (χ2n) is 5.35. The van der Waals surface area contributed by atoms with E-state index in [-0.39, 0.29) is 11.7 Å². The van der Waals surface area contributed by atoms with Crippen LogP contribution in [0.25, 0.3) is 0 Å². The Morgan fingerprint density at radius 2 is 1.83 bits per heavy atom. The molecular weight excluding hydrogens is 295 g/mol. The minimum absolute atomic E-state index is 0.215. The van der Waals surface area contributed by atoms with E-state index in [0.717, 1.165) is 5.56 Å². The minimum atomic E-state index is -0.975. The Bertz CT molecular complexity index is 743. The summed E-state index contributed by atoms with van der Waals surface area (Å²) >= 11 is 0. The summed E-state index contributed by atoms with van der Waals surface area (Å²) in [5.74, 6) is -0.237. The lowest BCUT2D eigenvalue weighted by Crippen LogP contribution is -2.43. The molecule has 0 saturated carbocycles. The zero-order valence-electron chi connectivity index (χ0n) is 13.0. The van der Waals surface area contributed by atoms with Crippen molar-refractivity contribution in [1.29, 1.82) is 0 Å². The van der Waals surface area contributed by atoms with Gasteiger partial charge >= 0.3 is 0 Å². The summed E-state index contributed by atoms with van der Waals surface area (Å²) in [4.78, 5) is 12.1. The highest BCUT2D eigenvalue weighted by Gasteiger charge is 2.47. The van der Waals surface area contributed by atoms with Gasteiger partial charge in [0.1, 0.15) is 5.82 Å². The Kier molecular flexibility index (Phi) is 3.86. The third kappa shape index (κ3) is 2.59. The van der Waals surface area contributed by atoms with E-state index < -0.39 is 5.72 Å². The quantitative estimate of drug-likeness (QED) is 0.868. The van der Waals surface area contributed by atoms with E-state index >= 15 is 0 Å². The molecule has 0 saturated heterocycles. The minimum Gasteiger partial charge on any atom is -0.443 e. The van der Waals surface area contributed by atoms with E-state index in [4.69, 9.17) is 4.74 Å². The number of benzene rings is 2. The van der Waals surface area contributed by atoms with Crippen molar-refractivity contribution in [1.82, 2.24) is 5.01 Å². The predicted molar refractivity (Wildman–Crippen MR) is 85.0 cm³/mol. The van der Waals surface area contributed by atoms with Crippen molar-refractivity contribution >= 4 is 11.8 Å². The molecule has 0 bridgehead atoms. The van der Waals surface area contributed by atoms with Gasteiger partial charge in [-0.1, -0.05) is 37.3 Å². The van der Waals surface area contributed by atoms with Gasteiger partial charge in [-0.25, -0.2) is 4.39 Å². The zero-order valence-corrected chi connectivity index (χ0v) is 13.0. The molecule has 0 unspecified atom stereocenters. The maximum absolute atomic E-state index is 13.1. The number of hydrogen-bond acceptors (Lipinski definition) is 3. The van der Waals surface area contributed by atoms with Crippen molar-refractivity contribution in [2.45, 2.75) is 26.0 Å². The van der Waals surface area contributed by atoms with E-state index in [1.165, 1.54) is 24.1 Å². The molecule has 2 aromatic rings. The molecule has 0 radical (unpaired) electrons. The van der Waals surface area contributed by atoms with E-state index in [1.54, 1.807) is 12.1 Å². The highest BCUT2D eigenvalue weighted by molar-refractivity contribution is 5.96. The van der Waals surface area contributed by atoms with Crippen molar-refractivity contribution in [2.24, 2.45) is 5.10 Å². The van der Waals surface area contributed by atoms with Crippen molar-refractivity contribution < 1.29 is 13.9 Å². The lowest BCUT2D eigenvalue weighted by atomic mass is 9.99. The molecule has 1 amide bonds. The molecule has 1 aliphatic rings. The number of amides is 1. The molecule has 1 atom stereocenters. The average molecular weight is 312 g/mol. The van der Waals surface area contributed by atoms with Crippen LogP contribution in [0.4, 0.5) is 4.39 Å². The smallest absolute Gasteiger partial charge is 0.243 e. The fourth-order valence-corrected chi connectivity index (χ4v) is 2.73. The molecule has 2 aromatic carbocycles. The van der Waals surface area contributed by atoms with Crippen molar-refractivity contribution in [2.75, 3.05) is 0 Å². The van der Waals surface area contributed by atoms with Crippen LogP contribution < -0.4 is 0 Å². The molecule has 0 aliphatic carbocycles. The van der Waals surface area contributed by atoms with Crippen molar-refractivity contribution in [3.05, 3.63) is 71.5 Å². The first-order valence-corrected chi connectivity index (χ1v) is 7.46. The lowest BCUT2D eigenvalue weighted by Gasteiger charge is -2.33. The summed E-state index contributed by atoms with van der Waals surface area (Å²) in [7, 11) is 0. The van der Waals surface area contributed by atoms with Crippen molar-refractivity contribution in [3.63, 3.8) is 0 Å².